The SMILES string of the molecule is FC(F)(F)c1c[c-]c(-c2nccc3ccsc23)cc1.[Ir]. The molecular formula is C14H7F3IrNS-. The smallest absolute Gasteiger partial charge is 0.303 e. The number of fused-ring (bicyclic) bond motifs is 1. The summed E-state index contributed by atoms with van der Waals surface area (Å²) in [6, 6.07) is 9.92. The largest absolute Gasteiger partial charge is 0.381 e. The molecule has 2 heterocycles. The van der Waals surface area contributed by atoms with Crippen LogP contribution in [0.4, 0.5) is 13.2 Å². The van der Waals surface area contributed by atoms with Gasteiger partial charge in [-0.1, -0.05) is 0 Å². The normalized spacial score (nSPS) is 11.3. The standard InChI is InChI=1S/C14H7F3NS.Ir/c15-14(16,17)11-3-1-9(2-4-11)12-13-10(5-7-18-12)6-8-19-13;/h1,3-8H;/q-1;. The number of aromatic nitrogens is 1. The van der Waals surface area contributed by atoms with Gasteiger partial charge in [0.15, 0.2) is 0 Å². The van der Waals surface area contributed by atoms with E-state index in [9.17, 15) is 13.2 Å². The third-order valence-electron chi connectivity index (χ3n) is 2.76. The number of nitrogens with zero attached hydrogens (tertiary/aromatic N) is 1. The first-order valence-corrected chi connectivity index (χ1v) is 6.35. The number of halogens is 3. The van der Waals surface area contributed by atoms with Gasteiger partial charge in [-0.2, -0.15) is 24.5 Å². The summed E-state index contributed by atoms with van der Waals surface area (Å²) in [5, 5.41) is 2.96. The second kappa shape index (κ2) is 5.64. The number of hydrogen-bond donors (Lipinski definition) is 0. The monoisotopic (exact) mass is 471 g/mol. The van der Waals surface area contributed by atoms with Gasteiger partial charge in [-0.3, -0.25) is 0 Å². The van der Waals surface area contributed by atoms with Gasteiger partial charge >= 0.3 is 6.18 Å². The summed E-state index contributed by atoms with van der Waals surface area (Å²) in [5.74, 6) is 0. The van der Waals surface area contributed by atoms with Crippen LogP contribution in [-0.4, -0.2) is 4.98 Å². The number of hydrogen-bond acceptors (Lipinski definition) is 2. The molecule has 0 saturated carbocycles. The summed E-state index contributed by atoms with van der Waals surface area (Å²) in [4.78, 5) is 4.24. The van der Waals surface area contributed by atoms with Gasteiger partial charge in [-0.05, 0) is 28.5 Å². The zero-order valence-corrected chi connectivity index (χ0v) is 13.1. The Kier molecular flexibility index (Phi) is 4.28. The van der Waals surface area contributed by atoms with Crippen molar-refractivity contribution in [3.05, 3.63) is 53.5 Å². The molecule has 0 amide bonds. The Labute approximate surface area is 130 Å². The Morgan fingerprint density at radius 3 is 2.55 bits per heavy atom. The van der Waals surface area contributed by atoms with Crippen LogP contribution in [0.25, 0.3) is 21.3 Å². The second-order valence-corrected chi connectivity index (χ2v) is 4.90. The summed E-state index contributed by atoms with van der Waals surface area (Å²) in [6.45, 7) is 0. The number of pyridine rings is 1. The fraction of sp³-hybridized carbons (Fsp3) is 0.0714. The van der Waals surface area contributed by atoms with Crippen molar-refractivity contribution in [2.45, 2.75) is 6.18 Å². The molecular weight excluding hydrogens is 463 g/mol. The minimum Gasteiger partial charge on any atom is -0.303 e. The fourth-order valence-electron chi connectivity index (χ4n) is 1.83. The first kappa shape index (κ1) is 15.2. The molecule has 0 atom stereocenters. The van der Waals surface area contributed by atoms with Crippen LogP contribution in [0.5, 0.6) is 0 Å². The van der Waals surface area contributed by atoms with Crippen LogP contribution in [-0.2, 0) is 26.3 Å². The van der Waals surface area contributed by atoms with E-state index >= 15 is 0 Å². The molecule has 2 aromatic heterocycles. The summed E-state index contributed by atoms with van der Waals surface area (Å²) in [6.07, 6.45) is -2.69. The first-order valence-electron chi connectivity index (χ1n) is 5.47. The summed E-state index contributed by atoms with van der Waals surface area (Å²) in [5.41, 5.74) is 0.539. The van der Waals surface area contributed by atoms with E-state index in [2.05, 4.69) is 11.1 Å². The molecule has 1 radical (unpaired) electrons. The van der Waals surface area contributed by atoms with Gasteiger partial charge in [0.2, 0.25) is 0 Å². The summed E-state index contributed by atoms with van der Waals surface area (Å²) in [7, 11) is 0. The van der Waals surface area contributed by atoms with Crippen molar-refractivity contribution in [3.63, 3.8) is 0 Å². The van der Waals surface area contributed by atoms with Crippen LogP contribution in [0.3, 0.4) is 0 Å². The van der Waals surface area contributed by atoms with Gasteiger partial charge in [0.05, 0.1) is 0 Å². The number of thiophene rings is 1. The minimum absolute atomic E-state index is 0. The molecule has 0 bridgehead atoms. The predicted molar refractivity (Wildman–Crippen MR) is 68.9 cm³/mol. The van der Waals surface area contributed by atoms with Gasteiger partial charge in [0, 0.05) is 36.7 Å². The third-order valence-corrected chi connectivity index (χ3v) is 3.70. The molecule has 0 saturated heterocycles. The molecule has 0 N–H and O–H groups in total. The fourth-order valence-corrected chi connectivity index (χ4v) is 2.73. The quantitative estimate of drug-likeness (QED) is 0.467. The molecule has 3 aromatic rings. The maximum Gasteiger partial charge on any atom is 0.381 e. The molecule has 6 heteroatoms. The molecule has 0 aliphatic heterocycles. The average Bonchev–Trinajstić information content (AvgIpc) is 2.86. The van der Waals surface area contributed by atoms with Crippen molar-refractivity contribution >= 4 is 21.4 Å². The minimum atomic E-state index is -4.34. The predicted octanol–water partition coefficient (Wildman–Crippen LogP) is 4.78. The zero-order valence-electron chi connectivity index (χ0n) is 9.86. The van der Waals surface area contributed by atoms with Crippen molar-refractivity contribution in [2.24, 2.45) is 0 Å². The molecule has 105 valence electrons. The number of rotatable bonds is 1. The number of alkyl halides is 3. The zero-order chi connectivity index (χ0) is 13.5. The van der Waals surface area contributed by atoms with E-state index < -0.39 is 11.7 Å². The van der Waals surface area contributed by atoms with E-state index in [1.807, 2.05) is 17.5 Å². The van der Waals surface area contributed by atoms with Crippen LogP contribution < -0.4 is 0 Å². The van der Waals surface area contributed by atoms with Crippen molar-refractivity contribution in [1.29, 1.82) is 0 Å². The molecule has 0 spiro atoms. The van der Waals surface area contributed by atoms with Crippen LogP contribution in [0, 0.1) is 6.07 Å². The van der Waals surface area contributed by atoms with Gasteiger partial charge in [0.1, 0.15) is 0 Å². The maximum absolute atomic E-state index is 12.5. The van der Waals surface area contributed by atoms with E-state index in [0.29, 0.717) is 11.3 Å². The Morgan fingerprint density at radius 1 is 1.10 bits per heavy atom. The molecule has 0 aliphatic rings. The average molecular weight is 470 g/mol. The molecule has 1 nitrogen and oxygen atoms in total. The van der Waals surface area contributed by atoms with Crippen molar-refractivity contribution in [1.82, 2.24) is 4.98 Å². The Morgan fingerprint density at radius 2 is 1.90 bits per heavy atom. The van der Waals surface area contributed by atoms with Gasteiger partial charge in [-0.15, -0.1) is 29.8 Å². The van der Waals surface area contributed by atoms with Gasteiger partial charge in [-0.25, -0.2) is 0 Å². The molecule has 3 rings (SSSR count). The van der Waals surface area contributed by atoms with E-state index in [1.54, 1.807) is 6.20 Å². The Bertz CT molecular complexity index is 719. The Balaban J connectivity index is 0.00000147. The second-order valence-electron chi connectivity index (χ2n) is 3.99. The number of benzene rings is 1. The van der Waals surface area contributed by atoms with E-state index in [0.717, 1.165) is 22.2 Å². The molecule has 0 unspecified atom stereocenters. The van der Waals surface area contributed by atoms with Crippen molar-refractivity contribution < 1.29 is 33.3 Å². The maximum atomic E-state index is 12.5. The molecule has 0 aliphatic carbocycles. The van der Waals surface area contributed by atoms with Crippen LogP contribution in [0.1, 0.15) is 5.56 Å². The van der Waals surface area contributed by atoms with Crippen LogP contribution in [0.2, 0.25) is 0 Å². The van der Waals surface area contributed by atoms with Crippen molar-refractivity contribution in [3.8, 4) is 11.3 Å². The van der Waals surface area contributed by atoms with E-state index in [4.69, 9.17) is 0 Å². The molecule has 1 aromatic carbocycles. The van der Waals surface area contributed by atoms with Gasteiger partial charge in [0.25, 0.3) is 0 Å². The third kappa shape index (κ3) is 2.77. The summed E-state index contributed by atoms with van der Waals surface area (Å²) < 4.78 is 38.4. The molecule has 0 fully saturated rings. The summed E-state index contributed by atoms with van der Waals surface area (Å²) >= 11 is 1.51. The molecule has 20 heavy (non-hydrogen) atoms. The van der Waals surface area contributed by atoms with E-state index in [-0.39, 0.29) is 20.1 Å². The van der Waals surface area contributed by atoms with Crippen LogP contribution in [0.15, 0.2) is 41.9 Å². The topological polar surface area (TPSA) is 12.9 Å². The van der Waals surface area contributed by atoms with Crippen LogP contribution >= 0.6 is 11.3 Å². The van der Waals surface area contributed by atoms with E-state index in [1.165, 1.54) is 17.4 Å². The first-order chi connectivity index (χ1) is 9.05. The van der Waals surface area contributed by atoms with Gasteiger partial charge < -0.3 is 4.98 Å². The van der Waals surface area contributed by atoms with Crippen molar-refractivity contribution in [2.75, 3.05) is 0 Å². The Hall–Kier alpha value is -1.23.